The smallest absolute Gasteiger partial charge is 0.466 e. The van der Waals surface area contributed by atoms with Gasteiger partial charge in [0, 0.05) is 12.1 Å². The molecule has 0 atom stereocenters. The molecule has 0 unspecified atom stereocenters. The summed E-state index contributed by atoms with van der Waals surface area (Å²) >= 11 is 0. The van der Waals surface area contributed by atoms with Crippen molar-refractivity contribution in [1.29, 1.82) is 0 Å². The van der Waals surface area contributed by atoms with Gasteiger partial charge in [-0.2, -0.15) is 13.2 Å². The van der Waals surface area contributed by atoms with Gasteiger partial charge in [-0.3, -0.25) is 4.79 Å². The molecule has 0 aliphatic heterocycles. The summed E-state index contributed by atoms with van der Waals surface area (Å²) < 4.78 is 83.5. The number of aromatic nitrogens is 1. The predicted octanol–water partition coefficient (Wildman–Crippen LogP) is 2.56. The van der Waals surface area contributed by atoms with Gasteiger partial charge in [0.25, 0.3) is 0 Å². The highest BCUT2D eigenvalue weighted by Gasteiger charge is 2.39. The second-order valence-corrected chi connectivity index (χ2v) is 4.19. The van der Waals surface area contributed by atoms with Crippen LogP contribution in [0.5, 0.6) is 5.88 Å². The largest absolute Gasteiger partial charge is 0.574 e. The lowest BCUT2D eigenvalue weighted by Gasteiger charge is -2.17. The molecular weight excluding hydrogens is 334 g/mol. The maximum Gasteiger partial charge on any atom is 0.574 e. The third-order valence-corrected chi connectivity index (χ3v) is 2.48. The molecule has 0 saturated carbocycles. The molecule has 0 amide bonds. The van der Waals surface area contributed by atoms with E-state index in [1.54, 1.807) is 0 Å². The summed E-state index contributed by atoms with van der Waals surface area (Å²) in [5.41, 5.74) is 2.47. The van der Waals surface area contributed by atoms with Crippen molar-refractivity contribution in [1.82, 2.24) is 4.98 Å². The Morgan fingerprint density at radius 2 is 1.83 bits per heavy atom. The SMILES string of the molecule is CCOC(=O)Cc1cc(CN)c(OC(F)(F)F)nc1C(F)(F)F. The summed E-state index contributed by atoms with van der Waals surface area (Å²) in [7, 11) is 0. The lowest BCUT2D eigenvalue weighted by molar-refractivity contribution is -0.276. The predicted molar refractivity (Wildman–Crippen MR) is 64.2 cm³/mol. The first-order chi connectivity index (χ1) is 10.5. The number of carbonyl (C=O) groups is 1. The Kier molecular flexibility index (Phi) is 5.81. The number of ether oxygens (including phenoxy) is 2. The van der Waals surface area contributed by atoms with Crippen LogP contribution in [0.15, 0.2) is 6.07 Å². The number of nitrogens with two attached hydrogens (primary N) is 1. The highest BCUT2D eigenvalue weighted by atomic mass is 19.4. The van der Waals surface area contributed by atoms with Crippen LogP contribution in [0.25, 0.3) is 0 Å². The van der Waals surface area contributed by atoms with Gasteiger partial charge in [0.2, 0.25) is 5.88 Å². The molecule has 5 nitrogen and oxygen atoms in total. The zero-order valence-corrected chi connectivity index (χ0v) is 11.7. The minimum Gasteiger partial charge on any atom is -0.466 e. The third kappa shape index (κ3) is 5.58. The van der Waals surface area contributed by atoms with Crippen LogP contribution in [0.2, 0.25) is 0 Å². The quantitative estimate of drug-likeness (QED) is 0.655. The zero-order valence-electron chi connectivity index (χ0n) is 11.7. The molecule has 0 spiro atoms. The first kappa shape index (κ1) is 19.0. The van der Waals surface area contributed by atoms with E-state index in [2.05, 4.69) is 14.5 Å². The minimum absolute atomic E-state index is 0.0629. The molecule has 0 fully saturated rings. The van der Waals surface area contributed by atoms with Crippen LogP contribution in [0.3, 0.4) is 0 Å². The number of carbonyl (C=O) groups excluding carboxylic acids is 1. The van der Waals surface area contributed by atoms with E-state index in [1.807, 2.05) is 0 Å². The Labute approximate surface area is 126 Å². The van der Waals surface area contributed by atoms with Crippen LogP contribution in [0.4, 0.5) is 26.3 Å². The van der Waals surface area contributed by atoms with Crippen molar-refractivity contribution < 1.29 is 40.6 Å². The van der Waals surface area contributed by atoms with Crippen LogP contribution in [-0.4, -0.2) is 23.9 Å². The van der Waals surface area contributed by atoms with Crippen LogP contribution in [0.1, 0.15) is 23.7 Å². The highest BCUT2D eigenvalue weighted by molar-refractivity contribution is 5.73. The summed E-state index contributed by atoms with van der Waals surface area (Å²) in [4.78, 5) is 14.2. The number of hydrogen-bond acceptors (Lipinski definition) is 5. The van der Waals surface area contributed by atoms with Gasteiger partial charge in [0.1, 0.15) is 0 Å². The topological polar surface area (TPSA) is 74.4 Å². The monoisotopic (exact) mass is 346 g/mol. The first-order valence-electron chi connectivity index (χ1n) is 6.19. The maximum absolute atomic E-state index is 13.0. The van der Waals surface area contributed by atoms with E-state index >= 15 is 0 Å². The molecule has 130 valence electrons. The lowest BCUT2D eigenvalue weighted by Crippen LogP contribution is -2.23. The number of halogens is 6. The molecule has 1 rings (SSSR count). The molecule has 0 radical (unpaired) electrons. The van der Waals surface area contributed by atoms with E-state index in [0.717, 1.165) is 0 Å². The molecule has 0 aliphatic carbocycles. The average molecular weight is 346 g/mol. The molecule has 0 bridgehead atoms. The Hall–Kier alpha value is -2.04. The fourth-order valence-corrected chi connectivity index (χ4v) is 1.68. The van der Waals surface area contributed by atoms with E-state index in [4.69, 9.17) is 5.73 Å². The van der Waals surface area contributed by atoms with Gasteiger partial charge in [0.05, 0.1) is 13.0 Å². The summed E-state index contributed by atoms with van der Waals surface area (Å²) in [5, 5.41) is 0. The van der Waals surface area contributed by atoms with Gasteiger partial charge in [-0.1, -0.05) is 0 Å². The molecular formula is C12H12F6N2O3. The number of hydrogen-bond donors (Lipinski definition) is 1. The van der Waals surface area contributed by atoms with E-state index in [-0.39, 0.29) is 6.61 Å². The van der Waals surface area contributed by atoms with Crippen molar-refractivity contribution in [3.05, 3.63) is 22.9 Å². The molecule has 11 heteroatoms. The van der Waals surface area contributed by atoms with Gasteiger partial charge in [0.15, 0.2) is 5.69 Å². The Morgan fingerprint density at radius 3 is 2.26 bits per heavy atom. The van der Waals surface area contributed by atoms with Crippen molar-refractivity contribution in [2.75, 3.05) is 6.61 Å². The van der Waals surface area contributed by atoms with Crippen LogP contribution in [0, 0.1) is 0 Å². The number of pyridine rings is 1. The normalized spacial score (nSPS) is 12.2. The summed E-state index contributed by atoms with van der Waals surface area (Å²) in [6, 6.07) is 0.702. The molecule has 1 aromatic heterocycles. The van der Waals surface area contributed by atoms with Gasteiger partial charge >= 0.3 is 18.5 Å². The molecule has 1 heterocycles. The number of alkyl halides is 6. The third-order valence-electron chi connectivity index (χ3n) is 2.48. The van der Waals surface area contributed by atoms with Crippen molar-refractivity contribution >= 4 is 5.97 Å². The fourth-order valence-electron chi connectivity index (χ4n) is 1.68. The zero-order chi connectivity index (χ0) is 17.8. The Balaban J connectivity index is 3.36. The first-order valence-corrected chi connectivity index (χ1v) is 6.19. The molecule has 1 aromatic rings. The number of esters is 1. The molecule has 23 heavy (non-hydrogen) atoms. The van der Waals surface area contributed by atoms with Crippen molar-refractivity contribution in [3.8, 4) is 5.88 Å². The summed E-state index contributed by atoms with van der Waals surface area (Å²) in [5.74, 6) is -2.29. The van der Waals surface area contributed by atoms with Crippen LogP contribution in [-0.2, 0) is 28.7 Å². The van der Waals surface area contributed by atoms with E-state index in [1.165, 1.54) is 6.92 Å². The minimum atomic E-state index is -5.23. The van der Waals surface area contributed by atoms with E-state index in [0.29, 0.717) is 6.07 Å². The molecule has 2 N–H and O–H groups in total. The van der Waals surface area contributed by atoms with Gasteiger partial charge < -0.3 is 15.2 Å². The second kappa shape index (κ2) is 7.02. The molecule has 0 aliphatic rings. The second-order valence-electron chi connectivity index (χ2n) is 4.19. The summed E-state index contributed by atoms with van der Waals surface area (Å²) in [6.45, 7) is 0.825. The van der Waals surface area contributed by atoms with Crippen molar-refractivity contribution in [2.45, 2.75) is 32.4 Å². The van der Waals surface area contributed by atoms with Crippen LogP contribution < -0.4 is 10.5 Å². The molecule has 0 saturated heterocycles. The molecule has 0 aromatic carbocycles. The lowest BCUT2D eigenvalue weighted by atomic mass is 10.1. The van der Waals surface area contributed by atoms with Gasteiger partial charge in [-0.25, -0.2) is 4.98 Å². The standard InChI is InChI=1S/C12H12F6N2O3/c1-2-22-8(21)4-6-3-7(5-19)10(23-12(16,17)18)20-9(6)11(13,14)15/h3H,2,4-5,19H2,1H3. The fraction of sp³-hybridized carbons (Fsp3) is 0.500. The Bertz CT molecular complexity index is 571. The summed E-state index contributed by atoms with van der Waals surface area (Å²) in [6.07, 6.45) is -11.1. The Morgan fingerprint density at radius 1 is 1.22 bits per heavy atom. The number of rotatable bonds is 5. The van der Waals surface area contributed by atoms with Crippen LogP contribution >= 0.6 is 0 Å². The highest BCUT2D eigenvalue weighted by Crippen LogP contribution is 2.35. The van der Waals surface area contributed by atoms with E-state index < -0.39 is 54.2 Å². The average Bonchev–Trinajstić information content (AvgIpc) is 2.37. The van der Waals surface area contributed by atoms with Gasteiger partial charge in [-0.15, -0.1) is 13.2 Å². The van der Waals surface area contributed by atoms with Crippen molar-refractivity contribution in [3.63, 3.8) is 0 Å². The maximum atomic E-state index is 13.0. The number of nitrogens with zero attached hydrogens (tertiary/aromatic N) is 1. The van der Waals surface area contributed by atoms with E-state index in [9.17, 15) is 31.1 Å². The van der Waals surface area contributed by atoms with Gasteiger partial charge in [-0.05, 0) is 18.6 Å². The van der Waals surface area contributed by atoms with Crippen molar-refractivity contribution in [2.24, 2.45) is 5.73 Å².